The number of hydrogen-bond donors (Lipinski definition) is 1. The minimum absolute atomic E-state index is 0.884. The topological polar surface area (TPSA) is 12.0 Å². The Morgan fingerprint density at radius 2 is 1.61 bits per heavy atom. The van der Waals surface area contributed by atoms with Crippen molar-refractivity contribution in [1.29, 1.82) is 0 Å². The average molecular weight is 255 g/mol. The van der Waals surface area contributed by atoms with Crippen molar-refractivity contribution in [1.82, 2.24) is 5.32 Å². The van der Waals surface area contributed by atoms with Crippen LogP contribution in [-0.2, 0) is 0 Å². The first-order valence-electron chi connectivity index (χ1n) is 8.26. The van der Waals surface area contributed by atoms with E-state index in [9.17, 15) is 0 Å². The summed E-state index contributed by atoms with van der Waals surface area (Å²) in [6, 6.07) is 0. The Hall–Kier alpha value is -0.0400. The van der Waals surface area contributed by atoms with Gasteiger partial charge in [0.05, 0.1) is 0 Å². The van der Waals surface area contributed by atoms with Crippen molar-refractivity contribution >= 4 is 0 Å². The summed E-state index contributed by atoms with van der Waals surface area (Å²) in [4.78, 5) is 0. The van der Waals surface area contributed by atoms with Gasteiger partial charge in [-0.3, -0.25) is 0 Å². The number of hydrogen-bond acceptors (Lipinski definition) is 1. The van der Waals surface area contributed by atoms with Crippen molar-refractivity contribution in [2.24, 2.45) is 23.7 Å². The van der Waals surface area contributed by atoms with Gasteiger partial charge in [0.15, 0.2) is 0 Å². The molecule has 0 bridgehead atoms. The first-order chi connectivity index (χ1) is 8.62. The zero-order valence-electron chi connectivity index (χ0n) is 13.8. The van der Waals surface area contributed by atoms with Crippen LogP contribution in [0.5, 0.6) is 0 Å². The van der Waals surface area contributed by atoms with Gasteiger partial charge in [0.2, 0.25) is 0 Å². The predicted octanol–water partition coefficient (Wildman–Crippen LogP) is 5.11. The highest BCUT2D eigenvalue weighted by Crippen LogP contribution is 2.35. The van der Waals surface area contributed by atoms with E-state index in [-0.39, 0.29) is 0 Å². The molecule has 1 nitrogen and oxygen atoms in total. The lowest BCUT2D eigenvalue weighted by Crippen LogP contribution is -2.26. The van der Waals surface area contributed by atoms with E-state index >= 15 is 0 Å². The van der Waals surface area contributed by atoms with E-state index in [2.05, 4.69) is 47.0 Å². The highest BCUT2D eigenvalue weighted by molar-refractivity contribution is 4.77. The van der Waals surface area contributed by atoms with Gasteiger partial charge >= 0.3 is 0 Å². The van der Waals surface area contributed by atoms with Crippen LogP contribution in [-0.4, -0.2) is 13.6 Å². The van der Waals surface area contributed by atoms with E-state index < -0.39 is 0 Å². The third-order valence-corrected chi connectivity index (χ3v) is 4.92. The molecule has 18 heavy (non-hydrogen) atoms. The summed E-state index contributed by atoms with van der Waals surface area (Å²) in [5, 5.41) is 3.28. The van der Waals surface area contributed by atoms with Gasteiger partial charge in [-0.15, -0.1) is 0 Å². The van der Waals surface area contributed by atoms with E-state index in [1.807, 2.05) is 0 Å². The van der Waals surface area contributed by atoms with Crippen molar-refractivity contribution < 1.29 is 0 Å². The highest BCUT2D eigenvalue weighted by atomic mass is 14.8. The van der Waals surface area contributed by atoms with Gasteiger partial charge in [-0.1, -0.05) is 60.3 Å². The van der Waals surface area contributed by atoms with Crippen LogP contribution in [0.2, 0.25) is 0 Å². The van der Waals surface area contributed by atoms with Gasteiger partial charge in [-0.2, -0.15) is 0 Å². The Labute approximate surface area is 116 Å². The Balaban J connectivity index is 4.39. The molecule has 1 heteroatoms. The quantitative estimate of drug-likeness (QED) is 0.506. The normalized spacial score (nSPS) is 18.3. The summed E-state index contributed by atoms with van der Waals surface area (Å²) in [5.41, 5.74) is 0. The summed E-state index contributed by atoms with van der Waals surface area (Å²) in [7, 11) is 2.06. The number of nitrogens with one attached hydrogen (secondary N) is 1. The van der Waals surface area contributed by atoms with Crippen LogP contribution in [0.25, 0.3) is 0 Å². The van der Waals surface area contributed by atoms with Gasteiger partial charge in [0.25, 0.3) is 0 Å². The first kappa shape index (κ1) is 18.0. The predicted molar refractivity (Wildman–Crippen MR) is 84.0 cm³/mol. The molecule has 0 rings (SSSR count). The summed E-state index contributed by atoms with van der Waals surface area (Å²) in [6.45, 7) is 13.2. The molecule has 0 saturated heterocycles. The lowest BCUT2D eigenvalue weighted by atomic mass is 9.71. The Kier molecular flexibility index (Phi) is 10.8. The molecule has 0 aromatic rings. The summed E-state index contributed by atoms with van der Waals surface area (Å²) in [6.07, 6.45) is 8.17. The summed E-state index contributed by atoms with van der Waals surface area (Å²) < 4.78 is 0. The molecule has 0 spiro atoms. The van der Waals surface area contributed by atoms with Crippen LogP contribution in [0.15, 0.2) is 0 Å². The van der Waals surface area contributed by atoms with Crippen LogP contribution < -0.4 is 5.32 Å². The number of rotatable bonds is 11. The first-order valence-corrected chi connectivity index (χ1v) is 8.26. The Bertz CT molecular complexity index is 178. The molecule has 0 radical (unpaired) electrons. The highest BCUT2D eigenvalue weighted by Gasteiger charge is 2.26. The molecule has 0 aliphatic carbocycles. The molecule has 1 N–H and O–H groups in total. The van der Waals surface area contributed by atoms with Gasteiger partial charge < -0.3 is 5.32 Å². The lowest BCUT2D eigenvalue weighted by Gasteiger charge is -2.34. The van der Waals surface area contributed by atoms with Crippen molar-refractivity contribution in [3.8, 4) is 0 Å². The fraction of sp³-hybridized carbons (Fsp3) is 1.00. The van der Waals surface area contributed by atoms with E-state index in [4.69, 9.17) is 0 Å². The molecule has 4 atom stereocenters. The van der Waals surface area contributed by atoms with Crippen molar-refractivity contribution in [3.05, 3.63) is 0 Å². The molecule has 0 aliphatic rings. The second-order valence-electron chi connectivity index (χ2n) is 6.11. The van der Waals surface area contributed by atoms with Gasteiger partial charge in [-0.05, 0) is 50.1 Å². The Morgan fingerprint density at radius 3 is 2.06 bits per heavy atom. The minimum atomic E-state index is 0.884. The molecule has 0 aromatic carbocycles. The maximum atomic E-state index is 3.28. The molecular formula is C17H37N. The van der Waals surface area contributed by atoms with Gasteiger partial charge in [0.1, 0.15) is 0 Å². The van der Waals surface area contributed by atoms with E-state index in [0.717, 1.165) is 23.7 Å². The zero-order valence-corrected chi connectivity index (χ0v) is 13.8. The second-order valence-corrected chi connectivity index (χ2v) is 6.11. The van der Waals surface area contributed by atoms with Crippen molar-refractivity contribution in [2.75, 3.05) is 13.6 Å². The van der Waals surface area contributed by atoms with Crippen LogP contribution in [0.4, 0.5) is 0 Å². The largest absolute Gasteiger partial charge is 0.320 e. The molecule has 0 fully saturated rings. The average Bonchev–Trinajstić information content (AvgIpc) is 2.37. The van der Waals surface area contributed by atoms with Crippen molar-refractivity contribution in [3.63, 3.8) is 0 Å². The van der Waals surface area contributed by atoms with E-state index in [1.165, 1.54) is 45.1 Å². The summed E-state index contributed by atoms with van der Waals surface area (Å²) in [5.74, 6) is 3.62. The van der Waals surface area contributed by atoms with E-state index in [0.29, 0.717) is 0 Å². The van der Waals surface area contributed by atoms with Crippen molar-refractivity contribution in [2.45, 2.75) is 73.1 Å². The molecule has 0 saturated carbocycles. The third kappa shape index (κ3) is 6.22. The lowest BCUT2D eigenvalue weighted by molar-refractivity contribution is 0.158. The third-order valence-electron chi connectivity index (χ3n) is 4.92. The maximum Gasteiger partial charge on any atom is -0.00518 e. The Morgan fingerprint density at radius 1 is 0.944 bits per heavy atom. The fourth-order valence-corrected chi connectivity index (χ4v) is 3.54. The smallest absolute Gasteiger partial charge is 0.00518 e. The maximum absolute atomic E-state index is 3.28. The van der Waals surface area contributed by atoms with Crippen LogP contribution in [0, 0.1) is 23.7 Å². The van der Waals surface area contributed by atoms with Crippen LogP contribution in [0.3, 0.4) is 0 Å². The van der Waals surface area contributed by atoms with Gasteiger partial charge in [0, 0.05) is 0 Å². The van der Waals surface area contributed by atoms with Gasteiger partial charge in [-0.25, -0.2) is 0 Å². The molecule has 0 aliphatic heterocycles. The summed E-state index contributed by atoms with van der Waals surface area (Å²) >= 11 is 0. The zero-order chi connectivity index (χ0) is 14.0. The SMILES string of the molecule is CCCC(C)C(C)C(CC)C(CC)CCCNC. The molecule has 0 amide bonds. The monoisotopic (exact) mass is 255 g/mol. The molecular weight excluding hydrogens is 218 g/mol. The van der Waals surface area contributed by atoms with E-state index in [1.54, 1.807) is 0 Å². The second kappa shape index (κ2) is 10.8. The molecule has 0 heterocycles. The standard InChI is InChI=1S/C17H37N/c1-7-11-14(4)15(5)17(9-3)16(8-2)12-10-13-18-6/h14-18H,7-13H2,1-6H3. The fourth-order valence-electron chi connectivity index (χ4n) is 3.54. The molecule has 0 aromatic heterocycles. The molecule has 4 unspecified atom stereocenters. The van der Waals surface area contributed by atoms with Crippen LogP contribution >= 0.6 is 0 Å². The van der Waals surface area contributed by atoms with Crippen LogP contribution in [0.1, 0.15) is 73.1 Å². The minimum Gasteiger partial charge on any atom is -0.320 e. The molecule has 110 valence electrons.